The zero-order chi connectivity index (χ0) is 21.8. The number of ether oxygens (including phenoxy) is 1. The molecule has 0 radical (unpaired) electrons. The van der Waals surface area contributed by atoms with Crippen LogP contribution in [0.5, 0.6) is 0 Å². The molecule has 31 heavy (non-hydrogen) atoms. The molecule has 160 valence electrons. The molecule has 0 atom stereocenters. The minimum absolute atomic E-state index is 0.137. The summed E-state index contributed by atoms with van der Waals surface area (Å²) in [6.45, 7) is 2.23. The molecule has 2 aromatic carbocycles. The molecule has 1 N–H and O–H groups in total. The number of thioether (sulfide) groups is 1. The molecule has 0 aliphatic rings. The predicted molar refractivity (Wildman–Crippen MR) is 127 cm³/mol. The number of aromatic nitrogens is 3. The van der Waals surface area contributed by atoms with E-state index in [1.54, 1.807) is 24.9 Å². The van der Waals surface area contributed by atoms with Crippen molar-refractivity contribution in [3.05, 3.63) is 75.4 Å². The summed E-state index contributed by atoms with van der Waals surface area (Å²) in [5, 5.41) is 2.11. The first-order valence-electron chi connectivity index (χ1n) is 9.90. The standard InChI is InChI=1S/C23H23ClN4O2S/c1-30-10-9-28(14-21-25-19-6-4-3-5-18(19)23(29)27-21)13-16-11-15-7-8-17(31-2)12-20(15)26-22(16)24/h3-8,11-12H,9-10,13-14H2,1-2H3,(H,25,27,29). The van der Waals surface area contributed by atoms with Crippen molar-refractivity contribution in [3.8, 4) is 0 Å². The number of aromatic amines is 1. The van der Waals surface area contributed by atoms with Crippen LogP contribution in [0.25, 0.3) is 21.8 Å². The average Bonchev–Trinajstić information content (AvgIpc) is 2.77. The molecule has 0 aliphatic carbocycles. The fourth-order valence-corrected chi connectivity index (χ4v) is 4.14. The molecule has 0 saturated carbocycles. The van der Waals surface area contributed by atoms with Gasteiger partial charge in [0.15, 0.2) is 0 Å². The Morgan fingerprint density at radius 3 is 2.74 bits per heavy atom. The van der Waals surface area contributed by atoms with Crippen molar-refractivity contribution in [1.82, 2.24) is 19.9 Å². The van der Waals surface area contributed by atoms with Crippen molar-refractivity contribution in [2.75, 3.05) is 26.5 Å². The monoisotopic (exact) mass is 454 g/mol. The third kappa shape index (κ3) is 5.07. The average molecular weight is 455 g/mol. The second-order valence-corrected chi connectivity index (χ2v) is 8.47. The van der Waals surface area contributed by atoms with Crippen LogP contribution in [0.1, 0.15) is 11.4 Å². The van der Waals surface area contributed by atoms with E-state index in [1.165, 1.54) is 0 Å². The van der Waals surface area contributed by atoms with E-state index in [1.807, 2.05) is 30.5 Å². The Balaban J connectivity index is 1.62. The fraction of sp³-hybridized carbons (Fsp3) is 0.261. The number of nitrogens with one attached hydrogen (secondary N) is 1. The van der Waals surface area contributed by atoms with Crippen LogP contribution in [0, 0.1) is 0 Å². The first-order chi connectivity index (χ1) is 15.1. The fourth-order valence-electron chi connectivity index (χ4n) is 3.50. The Kier molecular flexibility index (Phi) is 6.87. The van der Waals surface area contributed by atoms with E-state index in [4.69, 9.17) is 16.3 Å². The second kappa shape index (κ2) is 9.78. The maximum atomic E-state index is 12.4. The van der Waals surface area contributed by atoms with Crippen molar-refractivity contribution in [2.45, 2.75) is 18.0 Å². The molecule has 0 amide bonds. The number of fused-ring (bicyclic) bond motifs is 2. The van der Waals surface area contributed by atoms with E-state index in [0.717, 1.165) is 21.4 Å². The summed E-state index contributed by atoms with van der Waals surface area (Å²) in [5.74, 6) is 0.606. The first-order valence-corrected chi connectivity index (χ1v) is 11.5. The third-order valence-corrected chi connectivity index (χ3v) is 6.14. The molecule has 0 aliphatic heterocycles. The van der Waals surface area contributed by atoms with Crippen molar-refractivity contribution >= 4 is 45.2 Å². The summed E-state index contributed by atoms with van der Waals surface area (Å²) in [7, 11) is 1.67. The van der Waals surface area contributed by atoms with Gasteiger partial charge in [0.25, 0.3) is 5.56 Å². The van der Waals surface area contributed by atoms with Crippen LogP contribution in [0.15, 0.2) is 58.2 Å². The minimum atomic E-state index is -0.137. The maximum Gasteiger partial charge on any atom is 0.258 e. The van der Waals surface area contributed by atoms with Crippen LogP contribution in [0.4, 0.5) is 0 Å². The number of H-pyrrole nitrogens is 1. The molecule has 2 heterocycles. The van der Waals surface area contributed by atoms with Crippen LogP contribution in [-0.2, 0) is 17.8 Å². The lowest BCUT2D eigenvalue weighted by Crippen LogP contribution is -2.29. The highest BCUT2D eigenvalue weighted by molar-refractivity contribution is 7.98. The molecule has 4 rings (SSSR count). The van der Waals surface area contributed by atoms with Gasteiger partial charge in [0.2, 0.25) is 0 Å². The Labute approximate surface area is 189 Å². The summed E-state index contributed by atoms with van der Waals surface area (Å²) < 4.78 is 5.28. The van der Waals surface area contributed by atoms with E-state index in [0.29, 0.717) is 48.1 Å². The largest absolute Gasteiger partial charge is 0.383 e. The van der Waals surface area contributed by atoms with Gasteiger partial charge in [0, 0.05) is 36.0 Å². The molecule has 2 aromatic heterocycles. The van der Waals surface area contributed by atoms with Crippen LogP contribution in [0.3, 0.4) is 0 Å². The topological polar surface area (TPSA) is 71.1 Å². The minimum Gasteiger partial charge on any atom is -0.383 e. The molecular formula is C23H23ClN4O2S. The molecule has 0 saturated heterocycles. The molecule has 0 unspecified atom stereocenters. The molecule has 6 nitrogen and oxygen atoms in total. The van der Waals surface area contributed by atoms with E-state index in [2.05, 4.69) is 38.1 Å². The van der Waals surface area contributed by atoms with Gasteiger partial charge in [-0.1, -0.05) is 29.8 Å². The van der Waals surface area contributed by atoms with Gasteiger partial charge in [-0.05, 0) is 36.6 Å². The van der Waals surface area contributed by atoms with Gasteiger partial charge < -0.3 is 9.72 Å². The van der Waals surface area contributed by atoms with E-state index < -0.39 is 0 Å². The number of benzene rings is 2. The molecular weight excluding hydrogens is 432 g/mol. The van der Waals surface area contributed by atoms with Crippen molar-refractivity contribution in [1.29, 1.82) is 0 Å². The maximum absolute atomic E-state index is 12.4. The smallest absolute Gasteiger partial charge is 0.258 e. The van der Waals surface area contributed by atoms with Gasteiger partial charge in [0.05, 0.1) is 29.6 Å². The van der Waals surface area contributed by atoms with Crippen molar-refractivity contribution in [2.24, 2.45) is 0 Å². The van der Waals surface area contributed by atoms with Gasteiger partial charge in [-0.25, -0.2) is 9.97 Å². The number of hydrogen-bond acceptors (Lipinski definition) is 6. The Morgan fingerprint density at radius 1 is 1.10 bits per heavy atom. The summed E-state index contributed by atoms with van der Waals surface area (Å²) in [4.78, 5) is 27.9. The van der Waals surface area contributed by atoms with Gasteiger partial charge in [-0.3, -0.25) is 9.69 Å². The van der Waals surface area contributed by atoms with Gasteiger partial charge >= 0.3 is 0 Å². The lowest BCUT2D eigenvalue weighted by atomic mass is 10.1. The van der Waals surface area contributed by atoms with Crippen LogP contribution < -0.4 is 5.56 Å². The number of pyridine rings is 1. The number of para-hydroxylation sites is 1. The number of halogens is 1. The molecule has 0 fully saturated rings. The molecule has 4 aromatic rings. The number of hydrogen-bond donors (Lipinski definition) is 1. The number of methoxy groups -OCH3 is 1. The highest BCUT2D eigenvalue weighted by atomic mass is 35.5. The lowest BCUT2D eigenvalue weighted by Gasteiger charge is -2.22. The lowest BCUT2D eigenvalue weighted by molar-refractivity contribution is 0.138. The SMILES string of the molecule is COCCN(Cc1nc2ccccc2c(=O)[nH]1)Cc1cc2ccc(SC)cc2nc1Cl. The zero-order valence-electron chi connectivity index (χ0n) is 17.4. The quantitative estimate of drug-likeness (QED) is 0.312. The first kappa shape index (κ1) is 21.8. The second-order valence-electron chi connectivity index (χ2n) is 7.23. The van der Waals surface area contributed by atoms with Gasteiger partial charge in [0.1, 0.15) is 11.0 Å². The Hall–Kier alpha value is -2.45. The predicted octanol–water partition coefficient (Wildman–Crippen LogP) is 4.50. The normalized spacial score (nSPS) is 11.6. The molecule has 0 spiro atoms. The van der Waals surface area contributed by atoms with Gasteiger partial charge in [-0.2, -0.15) is 0 Å². The van der Waals surface area contributed by atoms with Crippen LogP contribution >= 0.6 is 23.4 Å². The summed E-state index contributed by atoms with van der Waals surface area (Å²) >= 11 is 8.21. The molecule has 8 heteroatoms. The van der Waals surface area contributed by atoms with E-state index in [-0.39, 0.29) is 5.56 Å². The summed E-state index contributed by atoms with van der Waals surface area (Å²) in [5.41, 5.74) is 2.35. The Morgan fingerprint density at radius 2 is 1.94 bits per heavy atom. The summed E-state index contributed by atoms with van der Waals surface area (Å²) in [6.07, 6.45) is 2.04. The van der Waals surface area contributed by atoms with Gasteiger partial charge in [-0.15, -0.1) is 11.8 Å². The van der Waals surface area contributed by atoms with Crippen molar-refractivity contribution < 1.29 is 4.74 Å². The molecule has 0 bridgehead atoms. The van der Waals surface area contributed by atoms with E-state index >= 15 is 0 Å². The van der Waals surface area contributed by atoms with Crippen LogP contribution in [-0.4, -0.2) is 46.4 Å². The highest BCUT2D eigenvalue weighted by Gasteiger charge is 2.14. The third-order valence-electron chi connectivity index (χ3n) is 5.09. The summed E-state index contributed by atoms with van der Waals surface area (Å²) in [6, 6.07) is 15.6. The highest BCUT2D eigenvalue weighted by Crippen LogP contribution is 2.26. The van der Waals surface area contributed by atoms with Crippen LogP contribution in [0.2, 0.25) is 5.15 Å². The number of nitrogens with zero attached hydrogens (tertiary/aromatic N) is 3. The zero-order valence-corrected chi connectivity index (χ0v) is 19.0. The van der Waals surface area contributed by atoms with Crippen molar-refractivity contribution in [3.63, 3.8) is 0 Å². The number of rotatable bonds is 8. The Bertz CT molecular complexity index is 1280. The van der Waals surface area contributed by atoms with E-state index in [9.17, 15) is 4.79 Å².